The van der Waals surface area contributed by atoms with Crippen LogP contribution in [0.15, 0.2) is 18.2 Å². The van der Waals surface area contributed by atoms with E-state index in [1.807, 2.05) is 6.07 Å². The van der Waals surface area contributed by atoms with Crippen molar-refractivity contribution in [1.82, 2.24) is 10.2 Å². The van der Waals surface area contributed by atoms with Crippen molar-refractivity contribution < 1.29 is 4.79 Å². The monoisotopic (exact) mass is 309 g/mol. The van der Waals surface area contributed by atoms with Crippen molar-refractivity contribution in [1.29, 1.82) is 0 Å². The molecule has 1 saturated heterocycles. The van der Waals surface area contributed by atoms with Crippen molar-refractivity contribution in [2.24, 2.45) is 0 Å². The molecule has 4 nitrogen and oxygen atoms in total. The quantitative estimate of drug-likeness (QED) is 0.895. The van der Waals surface area contributed by atoms with Crippen molar-refractivity contribution in [2.75, 3.05) is 31.5 Å². The van der Waals surface area contributed by atoms with Gasteiger partial charge < -0.3 is 10.6 Å². The van der Waals surface area contributed by atoms with Crippen LogP contribution < -0.4 is 10.6 Å². The Bertz CT molecular complexity index is 506. The van der Waals surface area contributed by atoms with Crippen molar-refractivity contribution in [3.63, 3.8) is 0 Å². The van der Waals surface area contributed by atoms with Gasteiger partial charge in [0.1, 0.15) is 0 Å². The van der Waals surface area contributed by atoms with Crippen LogP contribution in [0.4, 0.5) is 5.69 Å². The number of nitrogens with zero attached hydrogens (tertiary/aromatic N) is 1. The van der Waals surface area contributed by atoms with E-state index in [0.717, 1.165) is 31.7 Å². The number of fused-ring (bicyclic) bond motifs is 1. The van der Waals surface area contributed by atoms with Crippen LogP contribution in [-0.2, 0) is 17.6 Å². The van der Waals surface area contributed by atoms with E-state index < -0.39 is 0 Å². The van der Waals surface area contributed by atoms with Gasteiger partial charge in [0.2, 0.25) is 5.91 Å². The van der Waals surface area contributed by atoms with Crippen LogP contribution in [0, 0.1) is 0 Å². The normalized spacial score (nSPS) is 21.5. The van der Waals surface area contributed by atoms with Crippen molar-refractivity contribution >= 4 is 24.0 Å². The summed E-state index contributed by atoms with van der Waals surface area (Å²) in [6, 6.07) is 6.75. The van der Waals surface area contributed by atoms with Gasteiger partial charge in [-0.15, -0.1) is 12.4 Å². The predicted molar refractivity (Wildman–Crippen MR) is 88.2 cm³/mol. The zero-order chi connectivity index (χ0) is 13.9. The Balaban J connectivity index is 0.00000161. The maximum atomic E-state index is 12.2. The number of carbonyl (C=O) groups excluding carboxylic acids is 1. The van der Waals surface area contributed by atoms with Gasteiger partial charge in [-0.3, -0.25) is 9.69 Å². The van der Waals surface area contributed by atoms with E-state index >= 15 is 0 Å². The van der Waals surface area contributed by atoms with Gasteiger partial charge in [0.05, 0.1) is 6.54 Å². The molecule has 1 fully saturated rings. The lowest BCUT2D eigenvalue weighted by Crippen LogP contribution is -2.51. The second-order valence-corrected chi connectivity index (χ2v) is 5.91. The van der Waals surface area contributed by atoms with E-state index in [0.29, 0.717) is 12.6 Å². The van der Waals surface area contributed by atoms with Gasteiger partial charge in [0, 0.05) is 31.4 Å². The lowest BCUT2D eigenvalue weighted by atomic mass is 10.1. The highest BCUT2D eigenvalue weighted by Crippen LogP contribution is 2.24. The van der Waals surface area contributed by atoms with Crippen LogP contribution in [0.5, 0.6) is 0 Å². The number of hydrogen-bond acceptors (Lipinski definition) is 3. The summed E-state index contributed by atoms with van der Waals surface area (Å²) in [5.74, 6) is 0.0942. The Morgan fingerprint density at radius 1 is 1.38 bits per heavy atom. The molecule has 116 valence electrons. The summed E-state index contributed by atoms with van der Waals surface area (Å²) in [7, 11) is 0. The SMILES string of the molecule is C[C@@H]1CNCCN1CC(=O)Nc1ccc2c(c1)CCC2.Cl. The largest absolute Gasteiger partial charge is 0.325 e. The zero-order valence-electron chi connectivity index (χ0n) is 12.5. The van der Waals surface area contributed by atoms with Crippen molar-refractivity contribution in [2.45, 2.75) is 32.2 Å². The fourth-order valence-corrected chi connectivity index (χ4v) is 3.15. The maximum absolute atomic E-state index is 12.2. The Kier molecular flexibility index (Phi) is 5.62. The molecule has 1 aromatic rings. The standard InChI is InChI=1S/C16H23N3O.ClH/c1-12-10-17-7-8-19(12)11-16(20)18-15-6-5-13-3-2-4-14(13)9-15;/h5-6,9,12,17H,2-4,7-8,10-11H2,1H3,(H,18,20);1H/t12-;/m1./s1. The summed E-state index contributed by atoms with van der Waals surface area (Å²) in [6.07, 6.45) is 3.57. The number of anilines is 1. The average Bonchev–Trinajstić information content (AvgIpc) is 2.89. The predicted octanol–water partition coefficient (Wildman–Crippen LogP) is 1.83. The Morgan fingerprint density at radius 2 is 2.19 bits per heavy atom. The molecule has 0 bridgehead atoms. The molecule has 0 spiro atoms. The third-order valence-corrected chi connectivity index (χ3v) is 4.37. The molecule has 1 aliphatic heterocycles. The first kappa shape index (κ1) is 16.3. The summed E-state index contributed by atoms with van der Waals surface area (Å²) in [4.78, 5) is 14.4. The van der Waals surface area contributed by atoms with E-state index in [4.69, 9.17) is 0 Å². The van der Waals surface area contributed by atoms with E-state index in [-0.39, 0.29) is 18.3 Å². The minimum atomic E-state index is 0. The first-order chi connectivity index (χ1) is 9.72. The number of hydrogen-bond donors (Lipinski definition) is 2. The van der Waals surface area contributed by atoms with Crippen LogP contribution >= 0.6 is 12.4 Å². The maximum Gasteiger partial charge on any atom is 0.238 e. The van der Waals surface area contributed by atoms with E-state index in [9.17, 15) is 4.79 Å². The molecular weight excluding hydrogens is 286 g/mol. The second-order valence-electron chi connectivity index (χ2n) is 5.91. The number of amides is 1. The molecule has 0 radical (unpaired) electrons. The highest BCUT2D eigenvalue weighted by atomic mass is 35.5. The van der Waals surface area contributed by atoms with Crippen molar-refractivity contribution in [3.8, 4) is 0 Å². The molecule has 0 saturated carbocycles. The summed E-state index contributed by atoms with van der Waals surface area (Å²) >= 11 is 0. The fourth-order valence-electron chi connectivity index (χ4n) is 3.15. The molecule has 1 heterocycles. The summed E-state index contributed by atoms with van der Waals surface area (Å²) in [5.41, 5.74) is 3.79. The first-order valence-electron chi connectivity index (χ1n) is 7.59. The van der Waals surface area contributed by atoms with Crippen LogP contribution in [0.2, 0.25) is 0 Å². The van der Waals surface area contributed by atoms with E-state index in [2.05, 4.69) is 34.6 Å². The highest BCUT2D eigenvalue weighted by molar-refractivity contribution is 5.92. The van der Waals surface area contributed by atoms with Gasteiger partial charge in [-0.1, -0.05) is 6.07 Å². The summed E-state index contributed by atoms with van der Waals surface area (Å²) < 4.78 is 0. The molecule has 1 aromatic carbocycles. The molecule has 2 aliphatic rings. The molecule has 0 aromatic heterocycles. The lowest BCUT2D eigenvalue weighted by Gasteiger charge is -2.33. The highest BCUT2D eigenvalue weighted by Gasteiger charge is 2.20. The van der Waals surface area contributed by atoms with Gasteiger partial charge in [-0.05, 0) is 49.4 Å². The number of carbonyl (C=O) groups is 1. The first-order valence-corrected chi connectivity index (χ1v) is 7.59. The van der Waals surface area contributed by atoms with E-state index in [1.54, 1.807) is 0 Å². The topological polar surface area (TPSA) is 44.4 Å². The molecular formula is C16H24ClN3O. The minimum absolute atomic E-state index is 0. The van der Waals surface area contributed by atoms with Gasteiger partial charge in [-0.2, -0.15) is 0 Å². The van der Waals surface area contributed by atoms with Crippen LogP contribution in [0.3, 0.4) is 0 Å². The van der Waals surface area contributed by atoms with Crippen molar-refractivity contribution in [3.05, 3.63) is 29.3 Å². The fraction of sp³-hybridized carbons (Fsp3) is 0.562. The zero-order valence-corrected chi connectivity index (χ0v) is 13.3. The third kappa shape index (κ3) is 3.96. The smallest absolute Gasteiger partial charge is 0.238 e. The van der Waals surface area contributed by atoms with Crippen LogP contribution in [0.1, 0.15) is 24.5 Å². The number of piperazine rings is 1. The van der Waals surface area contributed by atoms with Gasteiger partial charge in [0.25, 0.3) is 0 Å². The van der Waals surface area contributed by atoms with Gasteiger partial charge in [0.15, 0.2) is 0 Å². The molecule has 0 unspecified atom stereocenters. The molecule has 5 heteroatoms. The summed E-state index contributed by atoms with van der Waals surface area (Å²) in [5, 5.41) is 6.38. The molecule has 3 rings (SSSR count). The molecule has 1 atom stereocenters. The average molecular weight is 310 g/mol. The Hall–Kier alpha value is -1.10. The number of rotatable bonds is 3. The van der Waals surface area contributed by atoms with Gasteiger partial charge >= 0.3 is 0 Å². The molecule has 21 heavy (non-hydrogen) atoms. The van der Waals surface area contributed by atoms with Crippen LogP contribution in [0.25, 0.3) is 0 Å². The summed E-state index contributed by atoms with van der Waals surface area (Å²) in [6.45, 7) is 5.52. The van der Waals surface area contributed by atoms with Gasteiger partial charge in [-0.25, -0.2) is 0 Å². The number of halogens is 1. The van der Waals surface area contributed by atoms with E-state index in [1.165, 1.54) is 24.0 Å². The number of benzene rings is 1. The number of aryl methyl sites for hydroxylation is 2. The Labute approximate surface area is 132 Å². The molecule has 1 amide bonds. The lowest BCUT2D eigenvalue weighted by molar-refractivity contribution is -0.118. The second kappa shape index (κ2) is 7.25. The molecule has 1 aliphatic carbocycles. The number of nitrogens with one attached hydrogen (secondary N) is 2. The third-order valence-electron chi connectivity index (χ3n) is 4.37. The Morgan fingerprint density at radius 3 is 3.00 bits per heavy atom. The minimum Gasteiger partial charge on any atom is -0.325 e. The molecule has 2 N–H and O–H groups in total. The van der Waals surface area contributed by atoms with Crippen LogP contribution in [-0.4, -0.2) is 43.0 Å².